The molecule has 1 nitrogen and oxygen atoms in total. The van der Waals surface area contributed by atoms with Crippen molar-refractivity contribution < 1.29 is 0 Å². The Morgan fingerprint density at radius 1 is 1.36 bits per heavy atom. The molecule has 1 heteroatoms. The SMILES string of the molecule is Cc1cc2c(nc1C(C)C)CCC=C2. The summed E-state index contributed by atoms with van der Waals surface area (Å²) >= 11 is 0. The molecule has 1 heterocycles. The van der Waals surface area contributed by atoms with E-state index in [-0.39, 0.29) is 0 Å². The van der Waals surface area contributed by atoms with Gasteiger partial charge in [0.05, 0.1) is 0 Å². The summed E-state index contributed by atoms with van der Waals surface area (Å²) < 4.78 is 0. The van der Waals surface area contributed by atoms with Crippen LogP contribution in [-0.4, -0.2) is 4.98 Å². The molecule has 0 amide bonds. The smallest absolute Gasteiger partial charge is 0.0482 e. The molecular formula is C13H17N. The van der Waals surface area contributed by atoms with Gasteiger partial charge in [0.25, 0.3) is 0 Å². The summed E-state index contributed by atoms with van der Waals surface area (Å²) in [7, 11) is 0. The monoisotopic (exact) mass is 187 g/mol. The van der Waals surface area contributed by atoms with Crippen molar-refractivity contribution in [3.8, 4) is 0 Å². The normalized spacial score (nSPS) is 14.6. The van der Waals surface area contributed by atoms with Crippen LogP contribution in [0.25, 0.3) is 6.08 Å². The third kappa shape index (κ3) is 1.59. The number of fused-ring (bicyclic) bond motifs is 1. The fourth-order valence-electron chi connectivity index (χ4n) is 2.05. The van der Waals surface area contributed by atoms with E-state index in [1.54, 1.807) is 0 Å². The van der Waals surface area contributed by atoms with Crippen LogP contribution in [0, 0.1) is 6.92 Å². The molecular weight excluding hydrogens is 170 g/mol. The molecule has 74 valence electrons. The summed E-state index contributed by atoms with van der Waals surface area (Å²) in [6, 6.07) is 2.27. The van der Waals surface area contributed by atoms with Crippen molar-refractivity contribution in [2.24, 2.45) is 0 Å². The molecule has 0 bridgehead atoms. The minimum absolute atomic E-state index is 0.534. The highest BCUT2D eigenvalue weighted by atomic mass is 14.7. The zero-order chi connectivity index (χ0) is 10.1. The second kappa shape index (κ2) is 3.56. The summed E-state index contributed by atoms with van der Waals surface area (Å²) in [5.74, 6) is 0.534. The second-order valence-electron chi connectivity index (χ2n) is 4.32. The van der Waals surface area contributed by atoms with E-state index in [2.05, 4.69) is 39.0 Å². The van der Waals surface area contributed by atoms with Crippen LogP contribution in [-0.2, 0) is 6.42 Å². The number of pyridine rings is 1. The second-order valence-corrected chi connectivity index (χ2v) is 4.32. The van der Waals surface area contributed by atoms with Crippen LogP contribution in [0.1, 0.15) is 48.7 Å². The van der Waals surface area contributed by atoms with Gasteiger partial charge in [0, 0.05) is 11.4 Å². The summed E-state index contributed by atoms with van der Waals surface area (Å²) in [6.45, 7) is 6.58. The molecule has 1 aliphatic rings. The van der Waals surface area contributed by atoms with Crippen molar-refractivity contribution in [1.82, 2.24) is 4.98 Å². The molecule has 0 fully saturated rings. The fraction of sp³-hybridized carbons (Fsp3) is 0.462. The molecule has 0 saturated heterocycles. The van der Waals surface area contributed by atoms with Gasteiger partial charge < -0.3 is 0 Å². The highest BCUT2D eigenvalue weighted by molar-refractivity contribution is 5.55. The number of aromatic nitrogens is 1. The third-order valence-electron chi connectivity index (χ3n) is 2.76. The predicted molar refractivity (Wildman–Crippen MR) is 60.4 cm³/mol. The maximum atomic E-state index is 4.76. The van der Waals surface area contributed by atoms with Gasteiger partial charge >= 0.3 is 0 Å². The number of aryl methyl sites for hydroxylation is 2. The quantitative estimate of drug-likeness (QED) is 0.656. The fourth-order valence-corrected chi connectivity index (χ4v) is 2.05. The van der Waals surface area contributed by atoms with Gasteiger partial charge in [0.1, 0.15) is 0 Å². The van der Waals surface area contributed by atoms with E-state index in [9.17, 15) is 0 Å². The highest BCUT2D eigenvalue weighted by Gasteiger charge is 2.11. The molecule has 2 rings (SSSR count). The Morgan fingerprint density at radius 2 is 2.14 bits per heavy atom. The number of nitrogens with zero attached hydrogens (tertiary/aromatic N) is 1. The van der Waals surface area contributed by atoms with Gasteiger partial charge in [-0.2, -0.15) is 0 Å². The minimum Gasteiger partial charge on any atom is -0.257 e. The van der Waals surface area contributed by atoms with Crippen LogP contribution in [0.4, 0.5) is 0 Å². The first-order valence-electron chi connectivity index (χ1n) is 5.35. The van der Waals surface area contributed by atoms with E-state index in [1.807, 2.05) is 0 Å². The minimum atomic E-state index is 0.534. The Hall–Kier alpha value is -1.11. The maximum absolute atomic E-state index is 4.76. The summed E-state index contributed by atoms with van der Waals surface area (Å²) in [4.78, 5) is 4.76. The van der Waals surface area contributed by atoms with Crippen LogP contribution < -0.4 is 0 Å². The first-order chi connectivity index (χ1) is 6.68. The van der Waals surface area contributed by atoms with E-state index in [4.69, 9.17) is 4.98 Å². The van der Waals surface area contributed by atoms with E-state index in [0.29, 0.717) is 5.92 Å². The molecule has 0 N–H and O–H groups in total. The van der Waals surface area contributed by atoms with Gasteiger partial charge in [-0.25, -0.2) is 0 Å². The molecule has 0 aromatic carbocycles. The van der Waals surface area contributed by atoms with E-state index < -0.39 is 0 Å². The van der Waals surface area contributed by atoms with Gasteiger partial charge in [-0.3, -0.25) is 4.98 Å². The van der Waals surface area contributed by atoms with E-state index in [1.165, 1.54) is 22.5 Å². The Bertz CT molecular complexity index is 375. The zero-order valence-electron chi connectivity index (χ0n) is 9.17. The largest absolute Gasteiger partial charge is 0.257 e. The van der Waals surface area contributed by atoms with Crippen molar-refractivity contribution in [2.75, 3.05) is 0 Å². The van der Waals surface area contributed by atoms with Crippen molar-refractivity contribution >= 4 is 6.08 Å². The van der Waals surface area contributed by atoms with E-state index in [0.717, 1.165) is 12.8 Å². The standard InChI is InChI=1S/C13H17N/c1-9(2)13-10(3)8-11-6-4-5-7-12(11)14-13/h4,6,8-9H,5,7H2,1-3H3. The number of rotatable bonds is 1. The van der Waals surface area contributed by atoms with Gasteiger partial charge in [-0.1, -0.05) is 26.0 Å². The topological polar surface area (TPSA) is 12.9 Å². The molecule has 0 spiro atoms. The average Bonchev–Trinajstić information content (AvgIpc) is 2.16. The Morgan fingerprint density at radius 3 is 2.86 bits per heavy atom. The van der Waals surface area contributed by atoms with Crippen molar-refractivity contribution in [3.63, 3.8) is 0 Å². The van der Waals surface area contributed by atoms with Crippen LogP contribution in [0.5, 0.6) is 0 Å². The molecule has 0 unspecified atom stereocenters. The molecule has 0 saturated carbocycles. The maximum Gasteiger partial charge on any atom is 0.0482 e. The van der Waals surface area contributed by atoms with Gasteiger partial charge in [0.15, 0.2) is 0 Å². The lowest BCUT2D eigenvalue weighted by atomic mass is 9.97. The van der Waals surface area contributed by atoms with Gasteiger partial charge in [-0.05, 0) is 42.9 Å². The predicted octanol–water partition coefficient (Wildman–Crippen LogP) is 3.47. The van der Waals surface area contributed by atoms with Crippen molar-refractivity contribution in [2.45, 2.75) is 39.5 Å². The number of allylic oxidation sites excluding steroid dienone is 1. The molecule has 0 radical (unpaired) electrons. The van der Waals surface area contributed by atoms with Crippen LogP contribution >= 0.6 is 0 Å². The molecule has 0 atom stereocenters. The molecule has 14 heavy (non-hydrogen) atoms. The highest BCUT2D eigenvalue weighted by Crippen LogP contribution is 2.23. The van der Waals surface area contributed by atoms with Gasteiger partial charge in [0.2, 0.25) is 0 Å². The Labute approximate surface area is 85.9 Å². The average molecular weight is 187 g/mol. The Balaban J connectivity index is 2.52. The Kier molecular flexibility index (Phi) is 2.40. The van der Waals surface area contributed by atoms with Crippen LogP contribution in [0.15, 0.2) is 12.1 Å². The number of hydrogen-bond acceptors (Lipinski definition) is 1. The lowest BCUT2D eigenvalue weighted by Gasteiger charge is -2.15. The van der Waals surface area contributed by atoms with Gasteiger partial charge in [-0.15, -0.1) is 0 Å². The van der Waals surface area contributed by atoms with E-state index >= 15 is 0 Å². The summed E-state index contributed by atoms with van der Waals surface area (Å²) in [5, 5.41) is 0. The number of hydrogen-bond donors (Lipinski definition) is 0. The third-order valence-corrected chi connectivity index (χ3v) is 2.76. The molecule has 1 aromatic rings. The zero-order valence-corrected chi connectivity index (χ0v) is 9.17. The molecule has 1 aromatic heterocycles. The summed E-state index contributed by atoms with van der Waals surface area (Å²) in [5.41, 5.74) is 5.18. The van der Waals surface area contributed by atoms with Crippen LogP contribution in [0.3, 0.4) is 0 Å². The van der Waals surface area contributed by atoms with Crippen molar-refractivity contribution in [3.05, 3.63) is 34.7 Å². The van der Waals surface area contributed by atoms with Crippen LogP contribution in [0.2, 0.25) is 0 Å². The first-order valence-corrected chi connectivity index (χ1v) is 5.35. The summed E-state index contributed by atoms with van der Waals surface area (Å²) in [6.07, 6.45) is 6.67. The molecule has 0 aliphatic heterocycles. The first kappa shape index (κ1) is 9.45. The molecule has 1 aliphatic carbocycles. The van der Waals surface area contributed by atoms with Crippen molar-refractivity contribution in [1.29, 1.82) is 0 Å². The lowest BCUT2D eigenvalue weighted by molar-refractivity contribution is 0.785. The lowest BCUT2D eigenvalue weighted by Crippen LogP contribution is -2.05.